The zero-order chi connectivity index (χ0) is 13.5. The second-order valence-electron chi connectivity index (χ2n) is 6.39. The summed E-state index contributed by atoms with van der Waals surface area (Å²) in [7, 11) is 0. The second kappa shape index (κ2) is 5.03. The van der Waals surface area contributed by atoms with Crippen molar-refractivity contribution in [3.8, 4) is 0 Å². The molecule has 0 aromatic carbocycles. The minimum absolute atomic E-state index is 0.257. The smallest absolute Gasteiger partial charge is 0.0979 e. The molecule has 19 heavy (non-hydrogen) atoms. The van der Waals surface area contributed by atoms with Gasteiger partial charge in [-0.05, 0) is 32.6 Å². The van der Waals surface area contributed by atoms with E-state index < -0.39 is 0 Å². The number of alkyl halides is 1. The van der Waals surface area contributed by atoms with Crippen molar-refractivity contribution in [3.05, 3.63) is 12.2 Å². The number of hydrogen-bond acceptors (Lipinski definition) is 3. The van der Waals surface area contributed by atoms with Crippen molar-refractivity contribution in [1.82, 2.24) is 5.32 Å². The second-order valence-corrected chi connectivity index (χ2v) is 6.77. The topological polar surface area (TPSA) is 41.5 Å². The summed E-state index contributed by atoms with van der Waals surface area (Å²) in [6.45, 7) is 3.66. The highest BCUT2D eigenvalue weighted by atomic mass is 35.5. The maximum atomic E-state index is 10.9. The van der Waals surface area contributed by atoms with E-state index in [1.807, 2.05) is 0 Å². The van der Waals surface area contributed by atoms with Crippen molar-refractivity contribution in [2.24, 2.45) is 11.8 Å². The van der Waals surface area contributed by atoms with Crippen LogP contribution < -0.4 is 5.32 Å². The number of aliphatic hydroxyl groups excluding tert-OH is 1. The van der Waals surface area contributed by atoms with Crippen LogP contribution in [0.3, 0.4) is 0 Å². The van der Waals surface area contributed by atoms with Gasteiger partial charge in [-0.25, -0.2) is 0 Å². The lowest BCUT2D eigenvalue weighted by molar-refractivity contribution is -0.254. The van der Waals surface area contributed by atoms with Gasteiger partial charge < -0.3 is 15.2 Å². The van der Waals surface area contributed by atoms with E-state index in [1.54, 1.807) is 0 Å². The maximum absolute atomic E-state index is 10.9. The van der Waals surface area contributed by atoms with Gasteiger partial charge in [0, 0.05) is 24.3 Å². The lowest BCUT2D eigenvalue weighted by Gasteiger charge is -2.58. The summed E-state index contributed by atoms with van der Waals surface area (Å²) in [5, 5.41) is 14.5. The van der Waals surface area contributed by atoms with Crippen LogP contribution in [-0.2, 0) is 4.74 Å². The summed E-state index contributed by atoms with van der Waals surface area (Å²) in [6.07, 6.45) is 8.39. The third-order valence-electron chi connectivity index (χ3n) is 5.59. The summed E-state index contributed by atoms with van der Waals surface area (Å²) in [5.74, 6) is 1.32. The Hall–Kier alpha value is -0.0900. The molecule has 4 heteroatoms. The van der Waals surface area contributed by atoms with Crippen molar-refractivity contribution in [2.45, 2.75) is 49.9 Å². The Kier molecular flexibility index (Phi) is 3.67. The standard InChI is InChI=1S/C15H24ClNO2/c1-14-12(7-8-16)9-17-15(14,10-19-14)13(18)11-5-3-2-4-6-11/h3,5,11-13,17-18H,2,4,6-10H2,1H3/t11-,12-,13+,14+,15-/m1/s1. The zero-order valence-electron chi connectivity index (χ0n) is 11.6. The molecule has 5 atom stereocenters. The molecule has 0 saturated carbocycles. The first-order chi connectivity index (χ1) is 9.14. The number of ether oxygens (including phenoxy) is 1. The molecule has 0 spiro atoms. The fraction of sp³-hybridized carbons (Fsp3) is 0.867. The molecule has 2 heterocycles. The van der Waals surface area contributed by atoms with Crippen molar-refractivity contribution in [3.63, 3.8) is 0 Å². The first-order valence-electron chi connectivity index (χ1n) is 7.44. The molecule has 0 unspecified atom stereocenters. The summed E-state index contributed by atoms with van der Waals surface area (Å²) < 4.78 is 5.92. The quantitative estimate of drug-likeness (QED) is 0.614. The summed E-state index contributed by atoms with van der Waals surface area (Å²) in [5.41, 5.74) is -0.525. The molecule has 108 valence electrons. The lowest BCUT2D eigenvalue weighted by atomic mass is 9.65. The number of hydrogen-bond donors (Lipinski definition) is 2. The molecular weight excluding hydrogens is 262 g/mol. The molecular formula is C15H24ClNO2. The summed E-state index contributed by atoms with van der Waals surface area (Å²) in [4.78, 5) is 0. The molecule has 0 aromatic heterocycles. The van der Waals surface area contributed by atoms with Crippen molar-refractivity contribution < 1.29 is 9.84 Å². The molecule has 0 amide bonds. The minimum Gasteiger partial charge on any atom is -0.390 e. The van der Waals surface area contributed by atoms with Crippen molar-refractivity contribution >= 4 is 11.6 Å². The Morgan fingerprint density at radius 2 is 2.42 bits per heavy atom. The average Bonchev–Trinajstić information content (AvgIpc) is 2.62. The van der Waals surface area contributed by atoms with E-state index in [0.29, 0.717) is 18.4 Å². The van der Waals surface area contributed by atoms with E-state index in [9.17, 15) is 5.11 Å². The first kappa shape index (κ1) is 13.9. The van der Waals surface area contributed by atoms with Crippen LogP contribution in [0.4, 0.5) is 0 Å². The highest BCUT2D eigenvalue weighted by Crippen LogP contribution is 2.51. The molecule has 3 rings (SSSR count). The molecule has 2 saturated heterocycles. The molecule has 0 radical (unpaired) electrons. The van der Waals surface area contributed by atoms with Gasteiger partial charge in [-0.3, -0.25) is 0 Å². The van der Waals surface area contributed by atoms with Gasteiger partial charge in [0.25, 0.3) is 0 Å². The van der Waals surface area contributed by atoms with E-state index in [4.69, 9.17) is 16.3 Å². The first-order valence-corrected chi connectivity index (χ1v) is 7.97. The fourth-order valence-corrected chi connectivity index (χ4v) is 4.39. The van der Waals surface area contributed by atoms with Crippen LogP contribution in [0.5, 0.6) is 0 Å². The van der Waals surface area contributed by atoms with Gasteiger partial charge in [0.2, 0.25) is 0 Å². The Balaban J connectivity index is 1.79. The highest BCUT2D eigenvalue weighted by molar-refractivity contribution is 6.17. The van der Waals surface area contributed by atoms with Gasteiger partial charge >= 0.3 is 0 Å². The van der Waals surface area contributed by atoms with Gasteiger partial charge in [-0.2, -0.15) is 0 Å². The van der Waals surface area contributed by atoms with E-state index in [-0.39, 0.29) is 23.2 Å². The van der Waals surface area contributed by atoms with Crippen LogP contribution in [0.2, 0.25) is 0 Å². The molecule has 3 nitrogen and oxygen atoms in total. The number of aliphatic hydroxyl groups is 1. The van der Waals surface area contributed by atoms with Gasteiger partial charge in [0.05, 0.1) is 23.9 Å². The maximum Gasteiger partial charge on any atom is 0.0979 e. The zero-order valence-corrected chi connectivity index (χ0v) is 12.3. The molecule has 2 aliphatic heterocycles. The SMILES string of the molecule is C[C@@]12OC[C@]1([C@@H](O)[C@@H]1C=CCCC1)NC[C@H]2CCCl. The largest absolute Gasteiger partial charge is 0.390 e. The minimum atomic E-state index is -0.358. The molecule has 1 aliphatic carbocycles. The Morgan fingerprint density at radius 3 is 3.00 bits per heavy atom. The predicted molar refractivity (Wildman–Crippen MR) is 76.4 cm³/mol. The molecule has 0 aromatic rings. The monoisotopic (exact) mass is 285 g/mol. The van der Waals surface area contributed by atoms with Crippen LogP contribution >= 0.6 is 11.6 Å². The Bertz CT molecular complexity index is 375. The summed E-state index contributed by atoms with van der Waals surface area (Å²) in [6, 6.07) is 0. The van der Waals surface area contributed by atoms with E-state index in [1.165, 1.54) is 6.42 Å². The molecule has 0 bridgehead atoms. The van der Waals surface area contributed by atoms with Gasteiger partial charge in [0.15, 0.2) is 0 Å². The average molecular weight is 286 g/mol. The van der Waals surface area contributed by atoms with Crippen LogP contribution in [0.25, 0.3) is 0 Å². The number of allylic oxidation sites excluding steroid dienone is 1. The molecule has 3 aliphatic rings. The van der Waals surface area contributed by atoms with Gasteiger partial charge in [-0.1, -0.05) is 12.2 Å². The highest BCUT2D eigenvalue weighted by Gasteiger charge is 2.68. The lowest BCUT2D eigenvalue weighted by Crippen LogP contribution is -2.76. The van der Waals surface area contributed by atoms with Crippen LogP contribution in [0.15, 0.2) is 12.2 Å². The third kappa shape index (κ3) is 1.90. The Morgan fingerprint density at radius 1 is 1.58 bits per heavy atom. The van der Waals surface area contributed by atoms with Crippen LogP contribution in [-0.4, -0.2) is 41.4 Å². The number of fused-ring (bicyclic) bond motifs is 1. The molecule has 2 fully saturated rings. The van der Waals surface area contributed by atoms with Crippen molar-refractivity contribution in [1.29, 1.82) is 0 Å². The fourth-order valence-electron chi connectivity index (χ4n) is 4.12. The van der Waals surface area contributed by atoms with Crippen LogP contribution in [0, 0.1) is 11.8 Å². The van der Waals surface area contributed by atoms with E-state index >= 15 is 0 Å². The van der Waals surface area contributed by atoms with Crippen molar-refractivity contribution in [2.75, 3.05) is 19.0 Å². The summed E-state index contributed by atoms with van der Waals surface area (Å²) >= 11 is 5.90. The third-order valence-corrected chi connectivity index (χ3v) is 5.81. The van der Waals surface area contributed by atoms with E-state index in [2.05, 4.69) is 24.4 Å². The number of halogens is 1. The van der Waals surface area contributed by atoms with Gasteiger partial charge in [0.1, 0.15) is 0 Å². The normalized spacial score (nSPS) is 46.7. The van der Waals surface area contributed by atoms with Gasteiger partial charge in [-0.15, -0.1) is 11.6 Å². The van der Waals surface area contributed by atoms with E-state index in [0.717, 1.165) is 25.8 Å². The Labute approximate surface area is 120 Å². The van der Waals surface area contributed by atoms with Crippen LogP contribution in [0.1, 0.15) is 32.6 Å². The predicted octanol–water partition coefficient (Wildman–Crippen LogP) is 2.08. The molecule has 2 N–H and O–H groups in total. The number of rotatable bonds is 4. The number of nitrogens with one attached hydrogen (secondary N) is 1.